The van der Waals surface area contributed by atoms with Gasteiger partial charge in [-0.1, -0.05) is 48.5 Å². The van der Waals surface area contributed by atoms with Crippen molar-refractivity contribution in [3.05, 3.63) is 120 Å². The van der Waals surface area contributed by atoms with Gasteiger partial charge in [0.25, 0.3) is 11.8 Å². The zero-order valence-electron chi connectivity index (χ0n) is 18.3. The number of carbonyl (C=O) groups excluding carboxylic acids is 2. The second-order valence-corrected chi connectivity index (χ2v) is 9.91. The molecule has 1 heterocycles. The van der Waals surface area contributed by atoms with E-state index >= 15 is 0 Å². The zero-order chi connectivity index (χ0) is 24.6. The molecule has 4 aromatic carbocycles. The second-order valence-electron chi connectivity index (χ2n) is 8.02. The summed E-state index contributed by atoms with van der Waals surface area (Å²) in [6.45, 7) is 0.103. The molecule has 0 unspecified atom stereocenters. The summed E-state index contributed by atoms with van der Waals surface area (Å²) in [6.07, 6.45) is 0. The number of rotatable bonds is 4. The van der Waals surface area contributed by atoms with Gasteiger partial charge in [-0.2, -0.15) is 0 Å². The van der Waals surface area contributed by atoms with E-state index in [9.17, 15) is 22.4 Å². The van der Waals surface area contributed by atoms with Crippen molar-refractivity contribution in [1.82, 2.24) is 0 Å². The standard InChI is InChI=1S/C27H19FN2O4S/c28-20-9-6-10-21(16-20)29-26(31)19-13-14-25-23(15-19)30(17-18-7-2-1-3-8-18)27(32)22-11-4-5-12-24(22)35(25,33)34/h1-16H,17H2,(H,29,31). The number of hydrogen-bond donors (Lipinski definition) is 1. The van der Waals surface area contributed by atoms with Gasteiger partial charge in [-0.15, -0.1) is 0 Å². The third kappa shape index (κ3) is 4.20. The van der Waals surface area contributed by atoms with Crippen molar-refractivity contribution in [2.24, 2.45) is 0 Å². The van der Waals surface area contributed by atoms with E-state index in [2.05, 4.69) is 5.32 Å². The summed E-state index contributed by atoms with van der Waals surface area (Å²) in [5.41, 5.74) is 1.33. The van der Waals surface area contributed by atoms with Gasteiger partial charge in [0.2, 0.25) is 9.84 Å². The molecule has 0 bridgehead atoms. The number of sulfone groups is 1. The molecule has 35 heavy (non-hydrogen) atoms. The van der Waals surface area contributed by atoms with E-state index in [4.69, 9.17) is 0 Å². The first kappa shape index (κ1) is 22.5. The molecular formula is C27H19FN2O4S. The van der Waals surface area contributed by atoms with Gasteiger partial charge in [-0.05, 0) is 54.1 Å². The van der Waals surface area contributed by atoms with Gasteiger partial charge in [-0.3, -0.25) is 9.59 Å². The molecule has 1 aliphatic rings. The molecule has 174 valence electrons. The first-order valence-electron chi connectivity index (χ1n) is 10.8. The Morgan fingerprint density at radius 2 is 1.57 bits per heavy atom. The number of halogens is 1. The molecule has 0 atom stereocenters. The molecule has 0 fully saturated rings. The zero-order valence-corrected chi connectivity index (χ0v) is 19.1. The van der Waals surface area contributed by atoms with Crippen LogP contribution in [0, 0.1) is 5.82 Å². The minimum absolute atomic E-state index is 0.0605. The Balaban J connectivity index is 1.64. The van der Waals surface area contributed by atoms with Crippen LogP contribution in [0.2, 0.25) is 0 Å². The molecule has 0 spiro atoms. The van der Waals surface area contributed by atoms with Gasteiger partial charge in [-0.25, -0.2) is 12.8 Å². The molecule has 1 aliphatic heterocycles. The number of fused-ring (bicyclic) bond motifs is 2. The van der Waals surface area contributed by atoms with Crippen LogP contribution in [-0.2, 0) is 16.4 Å². The van der Waals surface area contributed by atoms with Crippen LogP contribution >= 0.6 is 0 Å². The van der Waals surface area contributed by atoms with Crippen molar-refractivity contribution < 1.29 is 22.4 Å². The first-order valence-corrected chi connectivity index (χ1v) is 12.2. The third-order valence-electron chi connectivity index (χ3n) is 5.72. The minimum atomic E-state index is -4.05. The second kappa shape index (κ2) is 8.81. The lowest BCUT2D eigenvalue weighted by molar-refractivity contribution is 0.0979. The van der Waals surface area contributed by atoms with E-state index in [1.54, 1.807) is 12.1 Å². The topological polar surface area (TPSA) is 83.6 Å². The minimum Gasteiger partial charge on any atom is -0.322 e. The average molecular weight is 487 g/mol. The summed E-state index contributed by atoms with van der Waals surface area (Å²) in [5.74, 6) is -1.56. The first-order chi connectivity index (χ1) is 16.8. The molecule has 0 saturated carbocycles. The van der Waals surface area contributed by atoms with Crippen LogP contribution < -0.4 is 10.2 Å². The predicted molar refractivity (Wildman–Crippen MR) is 130 cm³/mol. The van der Waals surface area contributed by atoms with Crippen molar-refractivity contribution in [2.45, 2.75) is 16.3 Å². The summed E-state index contributed by atoms with van der Waals surface area (Å²) in [4.78, 5) is 27.8. The maximum absolute atomic E-state index is 13.6. The fourth-order valence-electron chi connectivity index (χ4n) is 4.04. The van der Waals surface area contributed by atoms with E-state index in [1.807, 2.05) is 30.3 Å². The smallest absolute Gasteiger partial charge is 0.259 e. The van der Waals surface area contributed by atoms with Crippen molar-refractivity contribution in [2.75, 3.05) is 10.2 Å². The molecule has 6 nitrogen and oxygen atoms in total. The third-order valence-corrected chi connectivity index (χ3v) is 7.58. The molecule has 0 aliphatic carbocycles. The van der Waals surface area contributed by atoms with Crippen LogP contribution in [0.4, 0.5) is 15.8 Å². The highest BCUT2D eigenvalue weighted by atomic mass is 32.2. The quantitative estimate of drug-likeness (QED) is 0.437. The lowest BCUT2D eigenvalue weighted by atomic mass is 10.1. The molecule has 4 aromatic rings. The normalized spacial score (nSPS) is 14.0. The lowest BCUT2D eigenvalue weighted by Crippen LogP contribution is -2.30. The van der Waals surface area contributed by atoms with E-state index in [0.717, 1.165) is 5.56 Å². The van der Waals surface area contributed by atoms with Gasteiger partial charge in [0.05, 0.1) is 27.6 Å². The van der Waals surface area contributed by atoms with Gasteiger partial charge in [0.1, 0.15) is 5.82 Å². The monoisotopic (exact) mass is 486 g/mol. The Labute approximate surface area is 201 Å². The Kier molecular flexibility index (Phi) is 5.66. The van der Waals surface area contributed by atoms with Crippen LogP contribution in [0.1, 0.15) is 26.3 Å². The molecule has 0 radical (unpaired) electrons. The van der Waals surface area contributed by atoms with Crippen molar-refractivity contribution in [3.63, 3.8) is 0 Å². The Bertz CT molecular complexity index is 1570. The summed E-state index contributed by atoms with van der Waals surface area (Å²) < 4.78 is 40.6. The number of benzene rings is 4. The van der Waals surface area contributed by atoms with E-state index in [0.29, 0.717) is 0 Å². The Morgan fingerprint density at radius 3 is 2.34 bits per heavy atom. The van der Waals surface area contributed by atoms with E-state index < -0.39 is 27.5 Å². The van der Waals surface area contributed by atoms with Crippen LogP contribution in [0.25, 0.3) is 0 Å². The summed E-state index contributed by atoms with van der Waals surface area (Å²) in [7, 11) is -4.05. The predicted octanol–water partition coefficient (Wildman–Crippen LogP) is 5.07. The van der Waals surface area contributed by atoms with Gasteiger partial charge < -0.3 is 10.2 Å². The number of anilines is 2. The molecule has 1 N–H and O–H groups in total. The van der Waals surface area contributed by atoms with Gasteiger partial charge in [0, 0.05) is 11.3 Å². The largest absolute Gasteiger partial charge is 0.322 e. The molecule has 5 rings (SSSR count). The Hall–Kier alpha value is -4.30. The molecular weight excluding hydrogens is 467 g/mol. The summed E-state index contributed by atoms with van der Waals surface area (Å²) in [5, 5.41) is 2.60. The number of nitrogens with zero attached hydrogens (tertiary/aromatic N) is 1. The number of amides is 2. The SMILES string of the molecule is O=C(Nc1cccc(F)c1)c1ccc2c(c1)N(Cc1ccccc1)C(=O)c1ccccc1S2(=O)=O. The number of nitrogens with one attached hydrogen (secondary N) is 1. The van der Waals surface area contributed by atoms with Gasteiger partial charge >= 0.3 is 0 Å². The highest BCUT2D eigenvalue weighted by Crippen LogP contribution is 2.38. The molecule has 8 heteroatoms. The molecule has 0 saturated heterocycles. The van der Waals surface area contributed by atoms with Crippen LogP contribution in [0.5, 0.6) is 0 Å². The maximum Gasteiger partial charge on any atom is 0.259 e. The molecule has 0 aromatic heterocycles. The maximum atomic E-state index is 13.6. The van der Waals surface area contributed by atoms with Crippen molar-refractivity contribution >= 4 is 33.0 Å². The van der Waals surface area contributed by atoms with E-state index in [1.165, 1.54) is 59.5 Å². The summed E-state index contributed by atoms with van der Waals surface area (Å²) >= 11 is 0. The number of carbonyl (C=O) groups is 2. The van der Waals surface area contributed by atoms with Crippen molar-refractivity contribution in [3.8, 4) is 0 Å². The highest BCUT2D eigenvalue weighted by Gasteiger charge is 2.36. The Morgan fingerprint density at radius 1 is 0.829 bits per heavy atom. The average Bonchev–Trinajstić information content (AvgIpc) is 2.93. The summed E-state index contributed by atoms with van der Waals surface area (Å²) in [6, 6.07) is 24.8. The lowest BCUT2D eigenvalue weighted by Gasteiger charge is -2.23. The van der Waals surface area contributed by atoms with E-state index in [-0.39, 0.29) is 38.8 Å². The molecule has 2 amide bonds. The van der Waals surface area contributed by atoms with Crippen LogP contribution in [-0.4, -0.2) is 20.2 Å². The van der Waals surface area contributed by atoms with Crippen molar-refractivity contribution in [1.29, 1.82) is 0 Å². The highest BCUT2D eigenvalue weighted by molar-refractivity contribution is 7.91. The van der Waals surface area contributed by atoms with Gasteiger partial charge in [0.15, 0.2) is 0 Å². The fourth-order valence-corrected chi connectivity index (χ4v) is 5.67. The number of hydrogen-bond acceptors (Lipinski definition) is 4. The van der Waals surface area contributed by atoms with Crippen LogP contribution in [0.15, 0.2) is 107 Å². The fraction of sp³-hybridized carbons (Fsp3) is 0.0370. The van der Waals surface area contributed by atoms with Crippen LogP contribution in [0.3, 0.4) is 0 Å².